The van der Waals surface area contributed by atoms with Crippen LogP contribution in [0.1, 0.15) is 42.9 Å². The molecule has 0 aromatic rings. The highest BCUT2D eigenvalue weighted by molar-refractivity contribution is 6.03. The molecule has 0 radical (unpaired) electrons. The average molecular weight is 466 g/mol. The van der Waals surface area contributed by atoms with Gasteiger partial charge >= 0.3 is 0 Å². The number of ether oxygens (including phenoxy) is 4. The molecule has 1 fully saturated rings. The third-order valence-electron chi connectivity index (χ3n) is 4.21. The summed E-state index contributed by atoms with van der Waals surface area (Å²) in [6.07, 6.45) is 0.506. The summed E-state index contributed by atoms with van der Waals surface area (Å²) >= 11 is 0. The lowest BCUT2D eigenvalue weighted by molar-refractivity contribution is -0.139. The quantitative estimate of drug-likeness (QED) is 0.218. The number of nitrogens with two attached hydrogens (primary N) is 1. The molecular weight excluding hydrogens is 422 g/mol. The minimum Gasteiger partial charge on any atom is -0.379 e. The Kier molecular flexibility index (Phi) is 18.3. The van der Waals surface area contributed by atoms with Crippen molar-refractivity contribution >= 4 is 23.6 Å². The number of carbonyl (C=O) groups excluding carboxylic acids is 4. The summed E-state index contributed by atoms with van der Waals surface area (Å²) in [4.78, 5) is 46.8. The first-order chi connectivity index (χ1) is 15.4. The Bertz CT molecular complexity index is 570. The van der Waals surface area contributed by atoms with Crippen LogP contribution >= 0.6 is 0 Å². The van der Waals surface area contributed by atoms with Gasteiger partial charge in [0.1, 0.15) is 0 Å². The summed E-state index contributed by atoms with van der Waals surface area (Å²) < 4.78 is 21.1. The van der Waals surface area contributed by atoms with Gasteiger partial charge in [0, 0.05) is 41.1 Å². The van der Waals surface area contributed by atoms with Crippen molar-refractivity contribution in [3.63, 3.8) is 0 Å². The minimum absolute atomic E-state index is 0. The molecule has 11 heteroatoms. The molecule has 11 nitrogen and oxygen atoms in total. The zero-order chi connectivity index (χ0) is 24.2. The number of carbonyl (C=O) groups is 4. The molecule has 1 atom stereocenters. The van der Waals surface area contributed by atoms with E-state index in [1.165, 1.54) is 0 Å². The van der Waals surface area contributed by atoms with Crippen molar-refractivity contribution in [3.8, 4) is 0 Å². The molecule has 0 aromatic carbocycles. The molecule has 0 bridgehead atoms. The molecule has 190 valence electrons. The second-order valence-electron chi connectivity index (χ2n) is 6.75. The van der Waals surface area contributed by atoms with E-state index in [1.54, 1.807) is 6.92 Å². The number of hydrogen-bond acceptors (Lipinski definition) is 8. The van der Waals surface area contributed by atoms with E-state index in [0.717, 1.165) is 4.90 Å². The number of nitrogens with zero attached hydrogens (tertiary/aromatic N) is 1. The van der Waals surface area contributed by atoms with Gasteiger partial charge in [-0.2, -0.15) is 0 Å². The predicted molar refractivity (Wildman–Crippen MR) is 121 cm³/mol. The van der Waals surface area contributed by atoms with Crippen molar-refractivity contribution in [2.45, 2.75) is 40.0 Å². The van der Waals surface area contributed by atoms with E-state index in [0.29, 0.717) is 59.4 Å². The van der Waals surface area contributed by atoms with Crippen LogP contribution in [0.3, 0.4) is 0 Å². The highest BCUT2D eigenvalue weighted by Crippen LogP contribution is 2.18. The number of amides is 4. The molecule has 1 saturated heterocycles. The van der Waals surface area contributed by atoms with E-state index < -0.39 is 5.91 Å². The third kappa shape index (κ3) is 14.8. The number of rotatable bonds is 18. The molecular formula is C21H43N3O8. The molecule has 0 spiro atoms. The summed E-state index contributed by atoms with van der Waals surface area (Å²) in [6, 6.07) is 0. The van der Waals surface area contributed by atoms with Crippen molar-refractivity contribution in [3.05, 3.63) is 0 Å². The van der Waals surface area contributed by atoms with Gasteiger partial charge in [0.2, 0.25) is 23.6 Å². The Morgan fingerprint density at radius 2 is 1.44 bits per heavy atom. The van der Waals surface area contributed by atoms with Gasteiger partial charge in [0.25, 0.3) is 0 Å². The number of primary amides is 1. The third-order valence-corrected chi connectivity index (χ3v) is 4.21. The minimum atomic E-state index is -0.392. The van der Waals surface area contributed by atoms with Crippen molar-refractivity contribution in [1.29, 1.82) is 0 Å². The van der Waals surface area contributed by atoms with Crippen molar-refractivity contribution in [1.82, 2.24) is 10.2 Å². The lowest BCUT2D eigenvalue weighted by Gasteiger charge is -2.14. The van der Waals surface area contributed by atoms with Crippen molar-refractivity contribution in [2.75, 3.05) is 65.9 Å². The number of likely N-dealkylation sites (tertiary alicyclic amines) is 1. The molecule has 1 heterocycles. The normalized spacial score (nSPS) is 15.5. The molecule has 1 aliphatic heterocycles. The van der Waals surface area contributed by atoms with Gasteiger partial charge in [-0.25, -0.2) is 0 Å². The van der Waals surface area contributed by atoms with Gasteiger partial charge in [-0.1, -0.05) is 20.8 Å². The van der Waals surface area contributed by atoms with Gasteiger partial charge in [0.05, 0.1) is 52.9 Å². The highest BCUT2D eigenvalue weighted by Gasteiger charge is 2.35. The number of imide groups is 1. The van der Waals surface area contributed by atoms with Crippen LogP contribution in [0.2, 0.25) is 0 Å². The average Bonchev–Trinajstić information content (AvgIpc) is 3.01. The van der Waals surface area contributed by atoms with Gasteiger partial charge in [-0.3, -0.25) is 24.1 Å². The van der Waals surface area contributed by atoms with Crippen molar-refractivity contribution in [2.24, 2.45) is 11.7 Å². The number of nitrogens with one attached hydrogen (secondary N) is 1. The van der Waals surface area contributed by atoms with E-state index in [2.05, 4.69) is 5.32 Å². The molecule has 0 saturated carbocycles. The lowest BCUT2D eigenvalue weighted by Crippen LogP contribution is -2.35. The SMILES string of the molecule is CC.CC1CC(=O)N(CCC(=O)NCCOCCOCCOCCOCCC(N)=O)C1=O.[HH].[HH]. The molecule has 0 aliphatic carbocycles. The zero-order valence-corrected chi connectivity index (χ0v) is 19.6. The van der Waals surface area contributed by atoms with Crippen LogP contribution in [0.25, 0.3) is 0 Å². The Morgan fingerprint density at radius 3 is 1.91 bits per heavy atom. The maximum Gasteiger partial charge on any atom is 0.232 e. The Hall–Kier alpha value is -2.08. The molecule has 3 N–H and O–H groups in total. The van der Waals surface area contributed by atoms with E-state index >= 15 is 0 Å². The van der Waals surface area contributed by atoms with Crippen LogP contribution in [-0.4, -0.2) is 94.5 Å². The van der Waals surface area contributed by atoms with Crippen molar-refractivity contribution < 1.29 is 41.0 Å². The van der Waals surface area contributed by atoms with E-state index in [1.807, 2.05) is 13.8 Å². The van der Waals surface area contributed by atoms with Gasteiger partial charge in [-0.05, 0) is 0 Å². The van der Waals surface area contributed by atoms with Crippen LogP contribution in [0.5, 0.6) is 0 Å². The fourth-order valence-electron chi connectivity index (χ4n) is 2.58. The first-order valence-electron chi connectivity index (χ1n) is 11.1. The van der Waals surface area contributed by atoms with Crippen LogP contribution < -0.4 is 11.1 Å². The summed E-state index contributed by atoms with van der Waals surface area (Å²) in [5, 5.41) is 2.68. The lowest BCUT2D eigenvalue weighted by atomic mass is 10.1. The Labute approximate surface area is 193 Å². The van der Waals surface area contributed by atoms with E-state index in [9.17, 15) is 19.2 Å². The monoisotopic (exact) mass is 465 g/mol. The van der Waals surface area contributed by atoms with Gasteiger partial charge in [0.15, 0.2) is 0 Å². The maximum absolute atomic E-state index is 11.8. The summed E-state index contributed by atoms with van der Waals surface area (Å²) in [6.45, 7) is 9.26. The van der Waals surface area contributed by atoms with E-state index in [4.69, 9.17) is 24.7 Å². The molecule has 32 heavy (non-hydrogen) atoms. The topological polar surface area (TPSA) is 146 Å². The zero-order valence-electron chi connectivity index (χ0n) is 19.6. The standard InChI is InChI=1S/C19H33N3O8.C2H6.2H2/c1-15-14-18(25)22(19(15)26)5-2-17(24)21-4-7-28-9-11-30-13-12-29-10-8-27-6-3-16(20)23;1-2;;/h15H,2-14H2,1H3,(H2,20,23)(H,21,24);1-2H3;2*1H. The van der Waals surface area contributed by atoms with Crippen LogP contribution in [0.15, 0.2) is 0 Å². The van der Waals surface area contributed by atoms with Gasteiger partial charge in [-0.15, -0.1) is 0 Å². The maximum atomic E-state index is 11.8. The van der Waals surface area contributed by atoms with Crippen LogP contribution in [0.4, 0.5) is 0 Å². The molecule has 0 aromatic heterocycles. The summed E-state index contributed by atoms with van der Waals surface area (Å²) in [7, 11) is 0. The molecule has 1 rings (SSSR count). The highest BCUT2D eigenvalue weighted by atomic mass is 16.6. The smallest absolute Gasteiger partial charge is 0.232 e. The molecule has 4 amide bonds. The fraction of sp³-hybridized carbons (Fsp3) is 0.810. The van der Waals surface area contributed by atoms with Gasteiger partial charge < -0.3 is 30.0 Å². The van der Waals surface area contributed by atoms with Crippen LogP contribution in [-0.2, 0) is 38.1 Å². The second-order valence-corrected chi connectivity index (χ2v) is 6.75. The predicted octanol–water partition coefficient (Wildman–Crippen LogP) is 0.348. The fourth-order valence-corrected chi connectivity index (χ4v) is 2.58. The first-order valence-corrected chi connectivity index (χ1v) is 11.1. The summed E-state index contributed by atoms with van der Waals surface area (Å²) in [5.41, 5.74) is 4.98. The number of hydrogen-bond donors (Lipinski definition) is 2. The van der Waals surface area contributed by atoms with Crippen LogP contribution in [0, 0.1) is 5.92 Å². The molecule has 1 unspecified atom stereocenters. The second kappa shape index (κ2) is 19.6. The van der Waals surface area contributed by atoms with E-state index in [-0.39, 0.29) is 52.3 Å². The first kappa shape index (κ1) is 29.9. The Balaban J connectivity index is -0.00000233. The molecule has 1 aliphatic rings. The summed E-state index contributed by atoms with van der Waals surface area (Å²) in [5.74, 6) is -1.35. The largest absolute Gasteiger partial charge is 0.379 e. The Morgan fingerprint density at radius 1 is 0.938 bits per heavy atom.